The Kier molecular flexibility index (Phi) is 4.20. The monoisotopic (exact) mass is 228 g/mol. The molecule has 1 aliphatic carbocycles. The fourth-order valence-corrected chi connectivity index (χ4v) is 1.66. The molecular weight excluding hydrogens is 212 g/mol. The number of carbonyl (C=O) groups is 1. The van der Waals surface area contributed by atoms with Gasteiger partial charge in [-0.15, -0.1) is 0 Å². The molecule has 0 radical (unpaired) electrons. The first-order chi connectivity index (χ1) is 7.06. The van der Waals surface area contributed by atoms with Crippen molar-refractivity contribution in [1.82, 2.24) is 5.32 Å². The SMILES string of the molecule is CCOC(=O)C(C(C)=N)C(=S)NC1CC1. The van der Waals surface area contributed by atoms with Crippen LogP contribution in [0.5, 0.6) is 0 Å². The Morgan fingerprint density at radius 1 is 1.67 bits per heavy atom. The van der Waals surface area contributed by atoms with E-state index in [1.165, 1.54) is 0 Å². The number of esters is 1. The first-order valence-corrected chi connectivity index (χ1v) is 5.49. The number of carbonyl (C=O) groups excluding carboxylic acids is 1. The van der Waals surface area contributed by atoms with Gasteiger partial charge in [0.2, 0.25) is 0 Å². The average molecular weight is 228 g/mol. The lowest BCUT2D eigenvalue weighted by molar-refractivity contribution is -0.143. The summed E-state index contributed by atoms with van der Waals surface area (Å²) in [4.78, 5) is 12.0. The number of hydrogen-bond donors (Lipinski definition) is 2. The maximum Gasteiger partial charge on any atom is 0.321 e. The maximum atomic E-state index is 11.5. The van der Waals surface area contributed by atoms with Gasteiger partial charge in [0.05, 0.1) is 11.6 Å². The van der Waals surface area contributed by atoms with Gasteiger partial charge in [0, 0.05) is 11.8 Å². The summed E-state index contributed by atoms with van der Waals surface area (Å²) in [5, 5.41) is 10.6. The molecule has 0 saturated heterocycles. The highest BCUT2D eigenvalue weighted by Crippen LogP contribution is 2.20. The minimum absolute atomic E-state index is 0.228. The highest BCUT2D eigenvalue weighted by molar-refractivity contribution is 7.80. The van der Waals surface area contributed by atoms with Crippen LogP contribution in [0.1, 0.15) is 26.7 Å². The summed E-state index contributed by atoms with van der Waals surface area (Å²) in [6.07, 6.45) is 2.18. The number of nitrogens with one attached hydrogen (secondary N) is 2. The number of rotatable bonds is 5. The van der Waals surface area contributed by atoms with Crippen molar-refractivity contribution in [2.45, 2.75) is 32.7 Å². The highest BCUT2D eigenvalue weighted by Gasteiger charge is 2.31. The molecule has 1 saturated carbocycles. The smallest absolute Gasteiger partial charge is 0.321 e. The molecule has 1 unspecified atom stereocenters. The number of thiocarbonyl (C=S) groups is 1. The topological polar surface area (TPSA) is 62.2 Å². The quantitative estimate of drug-likeness (QED) is 0.423. The largest absolute Gasteiger partial charge is 0.465 e. The maximum absolute atomic E-state index is 11.5. The van der Waals surface area contributed by atoms with E-state index in [4.69, 9.17) is 22.4 Å². The Hall–Kier alpha value is -0.970. The van der Waals surface area contributed by atoms with Gasteiger partial charge in [0.25, 0.3) is 0 Å². The molecular formula is C10H16N2O2S. The lowest BCUT2D eigenvalue weighted by atomic mass is 10.1. The van der Waals surface area contributed by atoms with Gasteiger partial charge in [-0.2, -0.15) is 0 Å². The molecule has 1 fully saturated rings. The van der Waals surface area contributed by atoms with Crippen molar-refractivity contribution < 1.29 is 9.53 Å². The Balaban J connectivity index is 2.58. The molecule has 1 rings (SSSR count). The summed E-state index contributed by atoms with van der Waals surface area (Å²) in [6.45, 7) is 3.63. The predicted octanol–water partition coefficient (Wildman–Crippen LogP) is 1.28. The molecule has 0 heterocycles. The van der Waals surface area contributed by atoms with Gasteiger partial charge in [-0.25, -0.2) is 0 Å². The van der Waals surface area contributed by atoms with E-state index in [1.54, 1.807) is 13.8 Å². The zero-order valence-electron chi connectivity index (χ0n) is 9.00. The van der Waals surface area contributed by atoms with Gasteiger partial charge in [0.15, 0.2) is 0 Å². The van der Waals surface area contributed by atoms with Crippen LogP contribution in [0, 0.1) is 11.3 Å². The third-order valence-corrected chi connectivity index (χ3v) is 2.49. The van der Waals surface area contributed by atoms with Crippen molar-refractivity contribution in [1.29, 1.82) is 5.41 Å². The fourth-order valence-electron chi connectivity index (χ4n) is 1.22. The Morgan fingerprint density at radius 3 is 2.67 bits per heavy atom. The van der Waals surface area contributed by atoms with Gasteiger partial charge in [-0.3, -0.25) is 4.79 Å². The third-order valence-electron chi connectivity index (χ3n) is 2.14. The lowest BCUT2D eigenvalue weighted by Crippen LogP contribution is -2.39. The van der Waals surface area contributed by atoms with Gasteiger partial charge in [-0.1, -0.05) is 12.2 Å². The van der Waals surface area contributed by atoms with Crippen LogP contribution in [0.4, 0.5) is 0 Å². The van der Waals surface area contributed by atoms with Crippen LogP contribution >= 0.6 is 12.2 Å². The van der Waals surface area contributed by atoms with Crippen LogP contribution in [-0.2, 0) is 9.53 Å². The van der Waals surface area contributed by atoms with Crippen LogP contribution in [0.3, 0.4) is 0 Å². The van der Waals surface area contributed by atoms with Gasteiger partial charge in [-0.05, 0) is 26.7 Å². The van der Waals surface area contributed by atoms with Crippen LogP contribution in [0.25, 0.3) is 0 Å². The van der Waals surface area contributed by atoms with Crippen LogP contribution in [0.2, 0.25) is 0 Å². The van der Waals surface area contributed by atoms with E-state index in [2.05, 4.69) is 5.32 Å². The van der Waals surface area contributed by atoms with Crippen molar-refractivity contribution in [3.8, 4) is 0 Å². The van der Waals surface area contributed by atoms with Gasteiger partial charge < -0.3 is 15.5 Å². The van der Waals surface area contributed by atoms with Crippen LogP contribution in [-0.4, -0.2) is 29.3 Å². The molecule has 84 valence electrons. The average Bonchev–Trinajstić information content (AvgIpc) is 2.87. The van der Waals surface area contributed by atoms with E-state index in [0.29, 0.717) is 17.6 Å². The molecule has 2 N–H and O–H groups in total. The summed E-state index contributed by atoms with van der Waals surface area (Å²) in [6, 6.07) is 0.397. The van der Waals surface area contributed by atoms with Crippen molar-refractivity contribution >= 4 is 28.9 Å². The van der Waals surface area contributed by atoms with Crippen molar-refractivity contribution in [2.75, 3.05) is 6.61 Å². The Labute approximate surface area is 94.9 Å². The van der Waals surface area contributed by atoms with Crippen molar-refractivity contribution in [3.05, 3.63) is 0 Å². The van der Waals surface area contributed by atoms with E-state index in [9.17, 15) is 4.79 Å². The summed E-state index contributed by atoms with van der Waals surface area (Å²) < 4.78 is 4.88. The van der Waals surface area contributed by atoms with Crippen LogP contribution in [0.15, 0.2) is 0 Å². The molecule has 1 atom stereocenters. The molecule has 15 heavy (non-hydrogen) atoms. The molecule has 0 aromatic heterocycles. The summed E-state index contributed by atoms with van der Waals surface area (Å²) >= 11 is 5.11. The van der Waals surface area contributed by atoms with Gasteiger partial charge in [0.1, 0.15) is 5.92 Å². The molecule has 0 spiro atoms. The van der Waals surface area contributed by atoms with E-state index in [1.807, 2.05) is 0 Å². The number of hydrogen-bond acceptors (Lipinski definition) is 4. The predicted molar refractivity (Wildman–Crippen MR) is 62.3 cm³/mol. The summed E-state index contributed by atoms with van der Waals surface area (Å²) in [5.41, 5.74) is 0.228. The van der Waals surface area contributed by atoms with Gasteiger partial charge >= 0.3 is 5.97 Å². The molecule has 0 aliphatic heterocycles. The minimum Gasteiger partial charge on any atom is -0.465 e. The second-order valence-electron chi connectivity index (χ2n) is 3.65. The minimum atomic E-state index is -0.708. The summed E-state index contributed by atoms with van der Waals surface area (Å²) in [5.74, 6) is -1.14. The molecule has 0 amide bonds. The third kappa shape index (κ3) is 3.58. The lowest BCUT2D eigenvalue weighted by Gasteiger charge is -2.16. The molecule has 1 aliphatic rings. The normalized spacial score (nSPS) is 16.7. The van der Waals surface area contributed by atoms with Crippen molar-refractivity contribution in [3.63, 3.8) is 0 Å². The first-order valence-electron chi connectivity index (χ1n) is 5.08. The first kappa shape index (κ1) is 12.1. The Morgan fingerprint density at radius 2 is 2.27 bits per heavy atom. The highest BCUT2D eigenvalue weighted by atomic mass is 32.1. The second kappa shape index (κ2) is 5.21. The standard InChI is InChI=1S/C10H16N2O2S/c1-3-14-10(13)8(6(2)11)9(15)12-7-4-5-7/h7-8,11H,3-5H2,1-2H3,(H,12,15). The zero-order valence-corrected chi connectivity index (χ0v) is 9.82. The number of ether oxygens (including phenoxy) is 1. The molecule has 0 bridgehead atoms. The second-order valence-corrected chi connectivity index (χ2v) is 4.09. The molecule has 5 heteroatoms. The van der Waals surface area contributed by atoms with Crippen LogP contribution < -0.4 is 5.32 Å². The zero-order chi connectivity index (χ0) is 11.4. The molecule has 0 aromatic carbocycles. The Bertz CT molecular complexity index is 287. The molecule has 4 nitrogen and oxygen atoms in total. The van der Waals surface area contributed by atoms with Crippen molar-refractivity contribution in [2.24, 2.45) is 5.92 Å². The van der Waals surface area contributed by atoms with E-state index >= 15 is 0 Å². The fraction of sp³-hybridized carbons (Fsp3) is 0.700. The van der Waals surface area contributed by atoms with E-state index in [-0.39, 0.29) is 5.71 Å². The van der Waals surface area contributed by atoms with E-state index < -0.39 is 11.9 Å². The summed E-state index contributed by atoms with van der Waals surface area (Å²) in [7, 11) is 0. The molecule has 0 aromatic rings. The van der Waals surface area contributed by atoms with E-state index in [0.717, 1.165) is 12.8 Å².